The Balaban J connectivity index is 1.68. The molecule has 3 aromatic carbocycles. The largest absolute Gasteiger partial charge is 0.354 e. The average molecular weight is 538 g/mol. The summed E-state index contributed by atoms with van der Waals surface area (Å²) in [4.78, 5) is 12.9. The number of rotatable bonds is 10. The van der Waals surface area contributed by atoms with E-state index in [-0.39, 0.29) is 17.3 Å². The van der Waals surface area contributed by atoms with E-state index in [0.717, 1.165) is 21.2 Å². The van der Waals surface area contributed by atoms with Crippen LogP contribution in [-0.4, -0.2) is 33.2 Å². The summed E-state index contributed by atoms with van der Waals surface area (Å²) >= 11 is 13.6. The van der Waals surface area contributed by atoms with Crippen LogP contribution in [0.15, 0.2) is 71.6 Å². The minimum absolute atomic E-state index is 0.124. The number of carbonyl (C=O) groups is 1. The molecule has 1 N–H and O–H groups in total. The number of benzene rings is 3. The lowest BCUT2D eigenvalue weighted by molar-refractivity contribution is -0.119. The van der Waals surface area contributed by atoms with Crippen molar-refractivity contribution in [2.75, 3.05) is 23.1 Å². The van der Waals surface area contributed by atoms with E-state index in [1.165, 1.54) is 0 Å². The average Bonchev–Trinajstić information content (AvgIpc) is 2.79. The monoisotopic (exact) mass is 536 g/mol. The number of hydrogen-bond donors (Lipinski definition) is 1. The highest BCUT2D eigenvalue weighted by atomic mass is 35.5. The highest BCUT2D eigenvalue weighted by Gasteiger charge is 2.28. The van der Waals surface area contributed by atoms with Crippen molar-refractivity contribution in [2.45, 2.75) is 24.5 Å². The normalized spacial score (nSPS) is 11.3. The molecule has 34 heavy (non-hydrogen) atoms. The predicted octanol–water partition coefficient (Wildman–Crippen LogP) is 5.86. The number of nitrogens with zero attached hydrogens (tertiary/aromatic N) is 1. The zero-order valence-electron chi connectivity index (χ0n) is 18.9. The van der Waals surface area contributed by atoms with Gasteiger partial charge in [0.15, 0.2) is 0 Å². The number of nitrogens with one attached hydrogen (secondary N) is 1. The van der Waals surface area contributed by atoms with Crippen LogP contribution in [0.4, 0.5) is 5.69 Å². The second kappa shape index (κ2) is 12.0. The van der Waals surface area contributed by atoms with Gasteiger partial charge >= 0.3 is 0 Å². The molecule has 0 saturated carbocycles. The van der Waals surface area contributed by atoms with Crippen LogP contribution in [0.2, 0.25) is 10.0 Å². The fourth-order valence-electron chi connectivity index (χ4n) is 3.26. The minimum atomic E-state index is -3.96. The third kappa shape index (κ3) is 7.15. The van der Waals surface area contributed by atoms with E-state index in [0.29, 0.717) is 33.6 Å². The van der Waals surface area contributed by atoms with Crippen molar-refractivity contribution in [1.82, 2.24) is 5.32 Å². The van der Waals surface area contributed by atoms with Crippen molar-refractivity contribution in [3.8, 4) is 0 Å². The van der Waals surface area contributed by atoms with E-state index in [9.17, 15) is 13.2 Å². The smallest absolute Gasteiger partial charge is 0.264 e. The number of halogens is 2. The number of aryl methyl sites for hydroxylation is 2. The molecule has 0 unspecified atom stereocenters. The first-order valence-corrected chi connectivity index (χ1v) is 14.0. The first-order valence-electron chi connectivity index (χ1n) is 10.6. The summed E-state index contributed by atoms with van der Waals surface area (Å²) in [5.41, 5.74) is 3.17. The maximum absolute atomic E-state index is 13.5. The number of hydrogen-bond acceptors (Lipinski definition) is 4. The Morgan fingerprint density at radius 3 is 2.24 bits per heavy atom. The van der Waals surface area contributed by atoms with Crippen LogP contribution in [0, 0.1) is 13.8 Å². The Bertz CT molecular complexity index is 1230. The van der Waals surface area contributed by atoms with Crippen LogP contribution >= 0.6 is 35.0 Å². The molecule has 9 heteroatoms. The molecule has 0 heterocycles. The van der Waals surface area contributed by atoms with E-state index in [1.807, 2.05) is 31.2 Å². The van der Waals surface area contributed by atoms with Gasteiger partial charge in [0, 0.05) is 28.1 Å². The van der Waals surface area contributed by atoms with Gasteiger partial charge in [0.05, 0.1) is 10.6 Å². The number of anilines is 1. The number of amides is 1. The summed E-state index contributed by atoms with van der Waals surface area (Å²) in [6, 6.07) is 19.1. The molecule has 0 aromatic heterocycles. The number of carbonyl (C=O) groups excluding carboxylic acids is 1. The second-order valence-corrected chi connectivity index (χ2v) is 11.6. The predicted molar refractivity (Wildman–Crippen MR) is 143 cm³/mol. The van der Waals surface area contributed by atoms with Gasteiger partial charge in [-0.15, -0.1) is 0 Å². The third-order valence-electron chi connectivity index (χ3n) is 5.07. The minimum Gasteiger partial charge on any atom is -0.354 e. The zero-order chi connectivity index (χ0) is 24.7. The molecule has 180 valence electrons. The first-order chi connectivity index (χ1) is 16.2. The van der Waals surface area contributed by atoms with Crippen molar-refractivity contribution in [3.05, 3.63) is 93.5 Å². The third-order valence-corrected chi connectivity index (χ3v) is 8.37. The van der Waals surface area contributed by atoms with E-state index in [4.69, 9.17) is 23.2 Å². The lowest BCUT2D eigenvalue weighted by Crippen LogP contribution is -2.41. The standard InChI is InChI=1S/C25H26Cl2N2O3S2/c1-18-3-10-23(11-4-18)34(31,32)29(24-12-9-22(27)15-19(24)2)16-25(30)28-13-14-33-17-20-5-7-21(26)8-6-20/h3-12,15H,13-14,16-17H2,1-2H3,(H,28,30). The van der Waals surface area contributed by atoms with Crippen LogP contribution in [0.5, 0.6) is 0 Å². The topological polar surface area (TPSA) is 66.5 Å². The Morgan fingerprint density at radius 2 is 1.59 bits per heavy atom. The summed E-state index contributed by atoms with van der Waals surface area (Å²) in [6.45, 7) is 3.75. The first kappa shape index (κ1) is 26.4. The fourth-order valence-corrected chi connectivity index (χ4v) is 5.91. The highest BCUT2D eigenvalue weighted by Crippen LogP contribution is 2.29. The maximum Gasteiger partial charge on any atom is 0.264 e. The van der Waals surface area contributed by atoms with Gasteiger partial charge in [0.25, 0.3) is 10.0 Å². The van der Waals surface area contributed by atoms with Gasteiger partial charge < -0.3 is 5.32 Å². The van der Waals surface area contributed by atoms with Gasteiger partial charge in [-0.2, -0.15) is 11.8 Å². The van der Waals surface area contributed by atoms with Gasteiger partial charge in [-0.25, -0.2) is 8.42 Å². The van der Waals surface area contributed by atoms with Crippen molar-refractivity contribution >= 4 is 56.6 Å². The maximum atomic E-state index is 13.5. The summed E-state index contributed by atoms with van der Waals surface area (Å²) < 4.78 is 28.1. The SMILES string of the molecule is Cc1ccc(S(=O)(=O)N(CC(=O)NCCSCc2ccc(Cl)cc2)c2ccc(Cl)cc2C)cc1. The highest BCUT2D eigenvalue weighted by molar-refractivity contribution is 7.98. The summed E-state index contributed by atoms with van der Waals surface area (Å²) in [7, 11) is -3.96. The van der Waals surface area contributed by atoms with E-state index in [2.05, 4.69) is 5.32 Å². The molecule has 0 spiro atoms. The number of thioether (sulfide) groups is 1. The van der Waals surface area contributed by atoms with Crippen LogP contribution < -0.4 is 9.62 Å². The van der Waals surface area contributed by atoms with E-state index >= 15 is 0 Å². The van der Waals surface area contributed by atoms with E-state index < -0.39 is 10.0 Å². The fraction of sp³-hybridized carbons (Fsp3) is 0.240. The lowest BCUT2D eigenvalue weighted by atomic mass is 10.2. The van der Waals surface area contributed by atoms with Gasteiger partial charge in [0.1, 0.15) is 6.54 Å². The van der Waals surface area contributed by atoms with Crippen molar-refractivity contribution in [3.63, 3.8) is 0 Å². The van der Waals surface area contributed by atoms with Crippen LogP contribution in [0.3, 0.4) is 0 Å². The van der Waals surface area contributed by atoms with Gasteiger partial charge in [-0.3, -0.25) is 9.10 Å². The van der Waals surface area contributed by atoms with Crippen LogP contribution in [0.25, 0.3) is 0 Å². The Morgan fingerprint density at radius 1 is 0.941 bits per heavy atom. The summed E-state index contributed by atoms with van der Waals surface area (Å²) in [5.74, 6) is 1.11. The van der Waals surface area contributed by atoms with Crippen molar-refractivity contribution in [1.29, 1.82) is 0 Å². The lowest BCUT2D eigenvalue weighted by Gasteiger charge is -2.26. The molecule has 1 amide bonds. The molecule has 5 nitrogen and oxygen atoms in total. The zero-order valence-corrected chi connectivity index (χ0v) is 22.1. The Hall–Kier alpha value is -2.19. The Labute approximate surface area is 215 Å². The molecule has 3 rings (SSSR count). The molecule has 0 saturated heterocycles. The molecule has 0 atom stereocenters. The Kier molecular flexibility index (Phi) is 9.31. The van der Waals surface area contributed by atoms with Crippen molar-refractivity contribution < 1.29 is 13.2 Å². The van der Waals surface area contributed by atoms with Gasteiger partial charge in [0.2, 0.25) is 5.91 Å². The summed E-state index contributed by atoms with van der Waals surface area (Å²) in [5, 5.41) is 4.02. The van der Waals surface area contributed by atoms with E-state index in [1.54, 1.807) is 61.2 Å². The number of sulfonamides is 1. The molecule has 0 radical (unpaired) electrons. The molecule has 0 bridgehead atoms. The molecule has 3 aromatic rings. The van der Waals surface area contributed by atoms with Crippen LogP contribution in [0.1, 0.15) is 16.7 Å². The molecule has 0 fully saturated rings. The summed E-state index contributed by atoms with van der Waals surface area (Å²) in [6.07, 6.45) is 0. The quantitative estimate of drug-likeness (QED) is 0.329. The molecule has 0 aliphatic carbocycles. The molecular weight excluding hydrogens is 511 g/mol. The van der Waals surface area contributed by atoms with Crippen LogP contribution in [-0.2, 0) is 20.6 Å². The van der Waals surface area contributed by atoms with Crippen molar-refractivity contribution in [2.24, 2.45) is 0 Å². The molecular formula is C25H26Cl2N2O3S2. The second-order valence-electron chi connectivity index (χ2n) is 7.78. The van der Waals surface area contributed by atoms with Gasteiger partial charge in [-0.1, -0.05) is 53.0 Å². The van der Waals surface area contributed by atoms with Gasteiger partial charge in [-0.05, 0) is 67.4 Å². The molecule has 0 aliphatic heterocycles. The molecule has 0 aliphatic rings.